The molecule has 5 heteroatoms. The largest absolute Gasteiger partial charge is 0.322 e. The van der Waals surface area contributed by atoms with Crippen LogP contribution in [0.25, 0.3) is 0 Å². The third kappa shape index (κ3) is 3.34. The van der Waals surface area contributed by atoms with Crippen molar-refractivity contribution in [3.8, 4) is 0 Å². The van der Waals surface area contributed by atoms with Gasteiger partial charge in [-0.25, -0.2) is 0 Å². The topological polar surface area (TPSA) is 46.9 Å². The van der Waals surface area contributed by atoms with Gasteiger partial charge in [-0.1, -0.05) is 15.9 Å². The smallest absolute Gasteiger partial charge is 0.240 e. The first-order valence-corrected chi connectivity index (χ1v) is 5.64. The summed E-state index contributed by atoms with van der Waals surface area (Å²) >= 11 is 3.30. The van der Waals surface area contributed by atoms with E-state index in [9.17, 15) is 4.79 Å². The van der Waals surface area contributed by atoms with E-state index in [4.69, 9.17) is 0 Å². The summed E-state index contributed by atoms with van der Waals surface area (Å²) in [6.07, 6.45) is 3.47. The molecule has 0 spiro atoms. The maximum atomic E-state index is 11.6. The number of carbonyl (C=O) groups is 1. The first kappa shape index (κ1) is 12.2. The summed E-state index contributed by atoms with van der Waals surface area (Å²) in [6.45, 7) is 7.67. The van der Waals surface area contributed by atoms with Gasteiger partial charge in [-0.2, -0.15) is 5.10 Å². The molecule has 0 aromatic carbocycles. The van der Waals surface area contributed by atoms with Gasteiger partial charge in [-0.05, 0) is 27.7 Å². The van der Waals surface area contributed by atoms with E-state index in [2.05, 4.69) is 26.3 Å². The van der Waals surface area contributed by atoms with Crippen molar-refractivity contribution in [1.82, 2.24) is 9.78 Å². The highest BCUT2D eigenvalue weighted by Crippen LogP contribution is 2.19. The molecule has 0 saturated carbocycles. The minimum Gasteiger partial charge on any atom is -0.322 e. The molecule has 0 saturated heterocycles. The fourth-order valence-electron chi connectivity index (χ4n) is 0.965. The molecule has 0 radical (unpaired) electrons. The monoisotopic (exact) mass is 273 g/mol. The van der Waals surface area contributed by atoms with Crippen molar-refractivity contribution >= 4 is 27.5 Å². The molecule has 0 atom stereocenters. The van der Waals surface area contributed by atoms with Crippen LogP contribution >= 0.6 is 15.9 Å². The summed E-state index contributed by atoms with van der Waals surface area (Å²) in [6, 6.07) is 0.299. The van der Waals surface area contributed by atoms with Gasteiger partial charge in [0.05, 0.1) is 16.2 Å². The molecule has 1 aromatic heterocycles. The third-order valence-corrected chi connectivity index (χ3v) is 2.29. The zero-order valence-corrected chi connectivity index (χ0v) is 11.0. The average Bonchev–Trinajstić information content (AvgIpc) is 2.50. The van der Waals surface area contributed by atoms with Crippen LogP contribution in [0.3, 0.4) is 0 Å². The molecule has 0 unspecified atom stereocenters. The minimum atomic E-state index is -0.563. The molecular weight excluding hydrogens is 258 g/mol. The summed E-state index contributed by atoms with van der Waals surface area (Å²) < 4.78 is 1.24. The van der Waals surface area contributed by atoms with Crippen molar-refractivity contribution < 1.29 is 4.79 Å². The van der Waals surface area contributed by atoms with Gasteiger partial charge in [-0.3, -0.25) is 9.48 Å². The van der Waals surface area contributed by atoms with Gasteiger partial charge in [0.2, 0.25) is 5.91 Å². The number of rotatable bonds is 3. The van der Waals surface area contributed by atoms with Gasteiger partial charge in [0.25, 0.3) is 0 Å². The Bertz CT molecular complexity index is 352. The number of alkyl halides is 1. The van der Waals surface area contributed by atoms with Gasteiger partial charge >= 0.3 is 0 Å². The number of aromatic nitrogens is 2. The molecule has 0 aliphatic heterocycles. The van der Waals surface area contributed by atoms with Gasteiger partial charge < -0.3 is 5.32 Å². The lowest BCUT2D eigenvalue weighted by Gasteiger charge is -2.14. The van der Waals surface area contributed by atoms with Crippen LogP contribution < -0.4 is 5.32 Å². The molecule has 1 aromatic rings. The van der Waals surface area contributed by atoms with E-state index in [-0.39, 0.29) is 5.91 Å². The number of hydrogen-bond donors (Lipinski definition) is 1. The van der Waals surface area contributed by atoms with E-state index in [0.29, 0.717) is 6.04 Å². The molecule has 15 heavy (non-hydrogen) atoms. The number of carbonyl (C=O) groups excluding carboxylic acids is 1. The van der Waals surface area contributed by atoms with E-state index in [1.807, 2.05) is 20.0 Å². The Balaban J connectivity index is 2.70. The van der Waals surface area contributed by atoms with Gasteiger partial charge in [0.15, 0.2) is 0 Å². The third-order valence-electron chi connectivity index (χ3n) is 1.93. The van der Waals surface area contributed by atoms with Crippen LogP contribution in [0.2, 0.25) is 0 Å². The zero-order chi connectivity index (χ0) is 11.6. The lowest BCUT2D eigenvalue weighted by Crippen LogP contribution is -2.30. The van der Waals surface area contributed by atoms with Crippen molar-refractivity contribution in [2.75, 3.05) is 5.32 Å². The van der Waals surface area contributed by atoms with Crippen LogP contribution in [0.5, 0.6) is 0 Å². The Morgan fingerprint density at radius 2 is 2.20 bits per heavy atom. The highest BCUT2D eigenvalue weighted by molar-refractivity contribution is 9.10. The number of halogens is 1. The molecule has 0 aliphatic carbocycles. The van der Waals surface area contributed by atoms with Gasteiger partial charge in [-0.15, -0.1) is 0 Å². The summed E-state index contributed by atoms with van der Waals surface area (Å²) in [5, 5.41) is 6.93. The minimum absolute atomic E-state index is 0.0780. The summed E-state index contributed by atoms with van der Waals surface area (Å²) in [5.41, 5.74) is 0.723. The molecular formula is C10H16BrN3O. The second-order valence-electron chi connectivity index (χ2n) is 4.23. The van der Waals surface area contributed by atoms with E-state index in [1.165, 1.54) is 0 Å². The second-order valence-corrected chi connectivity index (χ2v) is 6.21. The average molecular weight is 274 g/mol. The first-order chi connectivity index (χ1) is 6.80. The van der Waals surface area contributed by atoms with Crippen molar-refractivity contribution in [2.45, 2.75) is 38.1 Å². The fourth-order valence-corrected chi connectivity index (χ4v) is 1.06. The highest BCUT2D eigenvalue weighted by Gasteiger charge is 2.23. The first-order valence-electron chi connectivity index (χ1n) is 4.85. The Kier molecular flexibility index (Phi) is 3.54. The van der Waals surface area contributed by atoms with Gasteiger partial charge in [0.1, 0.15) is 0 Å². The number of hydrogen-bond acceptors (Lipinski definition) is 2. The molecule has 0 bridgehead atoms. The molecule has 1 N–H and O–H groups in total. The Hall–Kier alpha value is -0.840. The summed E-state index contributed by atoms with van der Waals surface area (Å²) in [7, 11) is 0. The molecule has 1 amide bonds. The van der Waals surface area contributed by atoms with E-state index >= 15 is 0 Å². The molecule has 1 rings (SSSR count). The molecule has 84 valence electrons. The van der Waals surface area contributed by atoms with E-state index < -0.39 is 4.32 Å². The van der Waals surface area contributed by atoms with Crippen LogP contribution in [-0.2, 0) is 4.79 Å². The SMILES string of the molecule is CC(C)n1cc(NC(=O)C(C)(C)Br)cn1. The maximum Gasteiger partial charge on any atom is 0.240 e. The number of nitrogens with zero attached hydrogens (tertiary/aromatic N) is 2. The zero-order valence-electron chi connectivity index (χ0n) is 9.41. The van der Waals surface area contributed by atoms with E-state index in [1.54, 1.807) is 24.7 Å². The normalized spacial score (nSPS) is 11.9. The lowest BCUT2D eigenvalue weighted by atomic mass is 10.2. The molecule has 4 nitrogen and oxygen atoms in total. The summed E-state index contributed by atoms with van der Waals surface area (Å²) in [4.78, 5) is 11.6. The Morgan fingerprint density at radius 3 is 2.60 bits per heavy atom. The number of nitrogens with one attached hydrogen (secondary N) is 1. The van der Waals surface area contributed by atoms with Crippen molar-refractivity contribution in [2.24, 2.45) is 0 Å². The number of anilines is 1. The Labute approximate surface area is 98.2 Å². The van der Waals surface area contributed by atoms with Crippen molar-refractivity contribution in [3.05, 3.63) is 12.4 Å². The fraction of sp³-hybridized carbons (Fsp3) is 0.600. The number of amides is 1. The predicted molar refractivity (Wildman–Crippen MR) is 64.2 cm³/mol. The van der Waals surface area contributed by atoms with Crippen molar-refractivity contribution in [1.29, 1.82) is 0 Å². The van der Waals surface area contributed by atoms with Crippen LogP contribution in [0.4, 0.5) is 5.69 Å². The van der Waals surface area contributed by atoms with Crippen LogP contribution in [0.15, 0.2) is 12.4 Å². The Morgan fingerprint density at radius 1 is 1.60 bits per heavy atom. The summed E-state index contributed by atoms with van der Waals surface area (Å²) in [5.74, 6) is -0.0780. The second kappa shape index (κ2) is 4.35. The van der Waals surface area contributed by atoms with Gasteiger partial charge in [0, 0.05) is 12.2 Å². The van der Waals surface area contributed by atoms with Crippen LogP contribution in [-0.4, -0.2) is 20.0 Å². The maximum absolute atomic E-state index is 11.6. The lowest BCUT2D eigenvalue weighted by molar-refractivity contribution is -0.117. The van der Waals surface area contributed by atoms with E-state index in [0.717, 1.165) is 5.69 Å². The molecule has 0 aliphatic rings. The molecule has 1 heterocycles. The highest BCUT2D eigenvalue weighted by atomic mass is 79.9. The predicted octanol–water partition coefficient (Wildman–Crippen LogP) is 2.58. The van der Waals surface area contributed by atoms with Crippen molar-refractivity contribution in [3.63, 3.8) is 0 Å². The van der Waals surface area contributed by atoms with Crippen LogP contribution in [0.1, 0.15) is 33.7 Å². The molecule has 0 fully saturated rings. The standard InChI is InChI=1S/C10H16BrN3O/c1-7(2)14-6-8(5-12-14)13-9(15)10(3,4)11/h5-7H,1-4H3,(H,13,15). The quantitative estimate of drug-likeness (QED) is 0.861. The van der Waals surface area contributed by atoms with Crippen LogP contribution in [0, 0.1) is 0 Å².